The summed E-state index contributed by atoms with van der Waals surface area (Å²) in [4.78, 5) is 11.0. The largest absolute Gasteiger partial charge is 0.385 e. The molecule has 0 aliphatic rings. The molecule has 4 nitrogen and oxygen atoms in total. The number of hydrogen-bond acceptors (Lipinski definition) is 3. The summed E-state index contributed by atoms with van der Waals surface area (Å²) in [5.41, 5.74) is 0. The Balaban J connectivity index is 3.78. The van der Waals surface area contributed by atoms with Crippen molar-refractivity contribution < 1.29 is 9.53 Å². The van der Waals surface area contributed by atoms with E-state index < -0.39 is 0 Å². The SMILES string of the molecule is CNC(=O)CNC(CCOC)C(C)C. The van der Waals surface area contributed by atoms with Crippen LogP contribution in [-0.4, -0.2) is 39.3 Å². The minimum absolute atomic E-state index is 0.0214. The van der Waals surface area contributed by atoms with Gasteiger partial charge in [0.1, 0.15) is 0 Å². The van der Waals surface area contributed by atoms with Gasteiger partial charge in [-0.1, -0.05) is 13.8 Å². The molecule has 84 valence electrons. The van der Waals surface area contributed by atoms with Gasteiger partial charge in [0, 0.05) is 26.8 Å². The number of nitrogens with one attached hydrogen (secondary N) is 2. The van der Waals surface area contributed by atoms with Crippen LogP contribution in [0.3, 0.4) is 0 Å². The lowest BCUT2D eigenvalue weighted by Crippen LogP contribution is -2.41. The maximum absolute atomic E-state index is 11.0. The Kier molecular flexibility index (Phi) is 7.42. The highest BCUT2D eigenvalue weighted by Gasteiger charge is 2.13. The molecule has 0 spiro atoms. The van der Waals surface area contributed by atoms with Crippen molar-refractivity contribution >= 4 is 5.91 Å². The van der Waals surface area contributed by atoms with Crippen LogP contribution < -0.4 is 10.6 Å². The van der Waals surface area contributed by atoms with Gasteiger partial charge in [-0.2, -0.15) is 0 Å². The smallest absolute Gasteiger partial charge is 0.233 e. The third-order valence-electron chi connectivity index (χ3n) is 2.24. The van der Waals surface area contributed by atoms with E-state index in [1.165, 1.54) is 0 Å². The van der Waals surface area contributed by atoms with Gasteiger partial charge >= 0.3 is 0 Å². The van der Waals surface area contributed by atoms with Crippen LogP contribution >= 0.6 is 0 Å². The van der Waals surface area contributed by atoms with Crippen LogP contribution in [0.2, 0.25) is 0 Å². The maximum Gasteiger partial charge on any atom is 0.233 e. The Morgan fingerprint density at radius 2 is 2.07 bits per heavy atom. The van der Waals surface area contributed by atoms with Crippen molar-refractivity contribution in [2.24, 2.45) is 5.92 Å². The molecule has 0 fully saturated rings. The Morgan fingerprint density at radius 3 is 2.50 bits per heavy atom. The predicted molar refractivity (Wildman–Crippen MR) is 57.2 cm³/mol. The van der Waals surface area contributed by atoms with E-state index in [-0.39, 0.29) is 5.91 Å². The first-order chi connectivity index (χ1) is 6.61. The van der Waals surface area contributed by atoms with Crippen LogP contribution in [0, 0.1) is 5.92 Å². The van der Waals surface area contributed by atoms with Crippen LogP contribution in [0.15, 0.2) is 0 Å². The van der Waals surface area contributed by atoms with Crippen molar-refractivity contribution in [3.05, 3.63) is 0 Å². The number of rotatable bonds is 7. The Morgan fingerprint density at radius 1 is 1.43 bits per heavy atom. The number of carbonyl (C=O) groups excluding carboxylic acids is 1. The summed E-state index contributed by atoms with van der Waals surface area (Å²) in [6, 6.07) is 0.340. The van der Waals surface area contributed by atoms with Gasteiger partial charge < -0.3 is 15.4 Å². The molecule has 0 saturated carbocycles. The minimum Gasteiger partial charge on any atom is -0.385 e. The van der Waals surface area contributed by atoms with Crippen molar-refractivity contribution in [1.82, 2.24) is 10.6 Å². The first-order valence-electron chi connectivity index (χ1n) is 5.04. The van der Waals surface area contributed by atoms with Gasteiger partial charge in [0.25, 0.3) is 0 Å². The standard InChI is InChI=1S/C10H22N2O2/c1-8(2)9(5-6-14-4)12-7-10(13)11-3/h8-9,12H,5-7H2,1-4H3,(H,11,13). The summed E-state index contributed by atoms with van der Waals surface area (Å²) in [6.45, 7) is 5.38. The van der Waals surface area contributed by atoms with Crippen LogP contribution in [-0.2, 0) is 9.53 Å². The first-order valence-corrected chi connectivity index (χ1v) is 5.04. The highest BCUT2D eigenvalue weighted by atomic mass is 16.5. The summed E-state index contributed by atoms with van der Waals surface area (Å²) < 4.78 is 5.02. The van der Waals surface area contributed by atoms with E-state index in [2.05, 4.69) is 24.5 Å². The summed E-state index contributed by atoms with van der Waals surface area (Å²) in [7, 11) is 3.33. The Labute approximate surface area is 86.4 Å². The second-order valence-electron chi connectivity index (χ2n) is 3.69. The summed E-state index contributed by atoms with van der Waals surface area (Å²) in [6.07, 6.45) is 0.936. The molecule has 1 amide bonds. The molecule has 1 unspecified atom stereocenters. The predicted octanol–water partition coefficient (Wildman–Crippen LogP) is 0.383. The van der Waals surface area contributed by atoms with Gasteiger partial charge in [-0.15, -0.1) is 0 Å². The highest BCUT2D eigenvalue weighted by Crippen LogP contribution is 2.05. The molecule has 14 heavy (non-hydrogen) atoms. The van der Waals surface area contributed by atoms with E-state index in [1.54, 1.807) is 14.2 Å². The molecule has 0 saturated heterocycles. The summed E-state index contributed by atoms with van der Waals surface area (Å²) in [5.74, 6) is 0.530. The van der Waals surface area contributed by atoms with Gasteiger partial charge in [0.2, 0.25) is 5.91 Å². The van der Waals surface area contributed by atoms with E-state index in [0.717, 1.165) is 13.0 Å². The second-order valence-corrected chi connectivity index (χ2v) is 3.69. The van der Waals surface area contributed by atoms with E-state index in [9.17, 15) is 4.79 Å². The van der Waals surface area contributed by atoms with Crippen LogP contribution in [0.25, 0.3) is 0 Å². The molecule has 0 bridgehead atoms. The lowest BCUT2D eigenvalue weighted by molar-refractivity contribution is -0.119. The molecule has 0 aliphatic heterocycles. The number of carbonyl (C=O) groups is 1. The topological polar surface area (TPSA) is 50.4 Å². The third kappa shape index (κ3) is 5.94. The molecule has 0 aromatic heterocycles. The molecule has 0 rings (SSSR count). The highest BCUT2D eigenvalue weighted by molar-refractivity contribution is 5.77. The molecular formula is C10H22N2O2. The number of hydrogen-bond donors (Lipinski definition) is 2. The fraction of sp³-hybridized carbons (Fsp3) is 0.900. The van der Waals surface area contributed by atoms with Gasteiger partial charge in [-0.3, -0.25) is 4.79 Å². The lowest BCUT2D eigenvalue weighted by atomic mass is 10.0. The zero-order valence-electron chi connectivity index (χ0n) is 9.59. The molecule has 4 heteroatoms. The second kappa shape index (κ2) is 7.76. The Hall–Kier alpha value is -0.610. The van der Waals surface area contributed by atoms with Crippen molar-refractivity contribution in [3.8, 4) is 0 Å². The molecule has 1 atom stereocenters. The first kappa shape index (κ1) is 13.4. The van der Waals surface area contributed by atoms with Gasteiger partial charge in [0.05, 0.1) is 6.54 Å². The molecule has 0 aliphatic carbocycles. The van der Waals surface area contributed by atoms with Crippen molar-refractivity contribution in [3.63, 3.8) is 0 Å². The average Bonchev–Trinajstić information content (AvgIpc) is 2.16. The average molecular weight is 202 g/mol. The lowest BCUT2D eigenvalue weighted by Gasteiger charge is -2.21. The maximum atomic E-state index is 11.0. The fourth-order valence-corrected chi connectivity index (χ4v) is 1.23. The molecule has 0 radical (unpaired) electrons. The molecule has 0 heterocycles. The quantitative estimate of drug-likeness (QED) is 0.627. The van der Waals surface area contributed by atoms with Crippen LogP contribution in [0.1, 0.15) is 20.3 Å². The molecule has 2 N–H and O–H groups in total. The summed E-state index contributed by atoms with van der Waals surface area (Å²) >= 11 is 0. The zero-order chi connectivity index (χ0) is 11.0. The monoisotopic (exact) mass is 202 g/mol. The van der Waals surface area contributed by atoms with Crippen LogP contribution in [0.4, 0.5) is 0 Å². The van der Waals surface area contributed by atoms with Gasteiger partial charge in [0.15, 0.2) is 0 Å². The van der Waals surface area contributed by atoms with Gasteiger partial charge in [-0.05, 0) is 12.3 Å². The fourth-order valence-electron chi connectivity index (χ4n) is 1.23. The number of amides is 1. The number of ether oxygens (including phenoxy) is 1. The zero-order valence-corrected chi connectivity index (χ0v) is 9.59. The molecule has 0 aromatic rings. The van der Waals surface area contributed by atoms with E-state index in [0.29, 0.717) is 18.5 Å². The van der Waals surface area contributed by atoms with Crippen molar-refractivity contribution in [2.75, 3.05) is 27.3 Å². The molecular weight excluding hydrogens is 180 g/mol. The Bertz CT molecular complexity index is 160. The summed E-state index contributed by atoms with van der Waals surface area (Å²) in [5, 5.41) is 5.80. The minimum atomic E-state index is 0.0214. The van der Waals surface area contributed by atoms with Gasteiger partial charge in [-0.25, -0.2) is 0 Å². The van der Waals surface area contributed by atoms with E-state index in [4.69, 9.17) is 4.74 Å². The van der Waals surface area contributed by atoms with E-state index in [1.807, 2.05) is 0 Å². The molecule has 0 aromatic carbocycles. The van der Waals surface area contributed by atoms with Crippen molar-refractivity contribution in [1.29, 1.82) is 0 Å². The van der Waals surface area contributed by atoms with Crippen molar-refractivity contribution in [2.45, 2.75) is 26.3 Å². The number of methoxy groups -OCH3 is 1. The van der Waals surface area contributed by atoms with E-state index >= 15 is 0 Å². The normalized spacial score (nSPS) is 12.9. The third-order valence-corrected chi connectivity index (χ3v) is 2.24. The number of likely N-dealkylation sites (N-methyl/N-ethyl adjacent to an activating group) is 1. The van der Waals surface area contributed by atoms with Crippen LogP contribution in [0.5, 0.6) is 0 Å².